The van der Waals surface area contributed by atoms with E-state index in [2.05, 4.69) is 11.1 Å². The van der Waals surface area contributed by atoms with Gasteiger partial charge in [0.05, 0.1) is 0 Å². The number of aryl methyl sites for hydroxylation is 1. The highest BCUT2D eigenvalue weighted by Gasteiger charge is 2.16. The first-order chi connectivity index (χ1) is 11.6. The Morgan fingerprint density at radius 2 is 2.04 bits per heavy atom. The molecule has 1 aromatic heterocycles. The van der Waals surface area contributed by atoms with Crippen LogP contribution in [0, 0.1) is 6.92 Å². The Morgan fingerprint density at radius 1 is 1.25 bits per heavy atom. The van der Waals surface area contributed by atoms with Crippen molar-refractivity contribution >= 4 is 12.1 Å². The molecule has 0 radical (unpaired) electrons. The number of amides is 2. The van der Waals surface area contributed by atoms with Gasteiger partial charge in [0.15, 0.2) is 0 Å². The molecule has 0 aliphatic carbocycles. The van der Waals surface area contributed by atoms with E-state index in [1.54, 1.807) is 11.1 Å². The van der Waals surface area contributed by atoms with Gasteiger partial charge >= 0.3 is 6.03 Å². The van der Waals surface area contributed by atoms with E-state index in [0.29, 0.717) is 19.0 Å². The van der Waals surface area contributed by atoms with Gasteiger partial charge in [-0.2, -0.15) is 0 Å². The lowest BCUT2D eigenvalue weighted by Gasteiger charge is -2.26. The summed E-state index contributed by atoms with van der Waals surface area (Å²) in [5.41, 5.74) is 8.82. The van der Waals surface area contributed by atoms with Crippen molar-refractivity contribution in [2.24, 2.45) is 5.73 Å². The molecule has 24 heavy (non-hydrogen) atoms. The first kappa shape index (κ1) is 16.1. The zero-order valence-electron chi connectivity index (χ0n) is 13.7. The highest BCUT2D eigenvalue weighted by atomic mass is 16.5. The molecule has 124 valence electrons. The van der Waals surface area contributed by atoms with Crippen LogP contribution in [0.4, 0.5) is 4.79 Å². The Labute approximate surface area is 141 Å². The Balaban J connectivity index is 1.68. The van der Waals surface area contributed by atoms with Crippen LogP contribution in [0.25, 0.3) is 6.08 Å². The lowest BCUT2D eigenvalue weighted by molar-refractivity contribution is 0.203. The van der Waals surface area contributed by atoms with Crippen LogP contribution in [0.2, 0.25) is 0 Å². The van der Waals surface area contributed by atoms with E-state index < -0.39 is 0 Å². The number of carbonyl (C=O) groups excluding carboxylic acids is 1. The summed E-state index contributed by atoms with van der Waals surface area (Å²) >= 11 is 0. The van der Waals surface area contributed by atoms with Gasteiger partial charge in [-0.1, -0.05) is 29.8 Å². The number of carbonyl (C=O) groups is 1. The van der Waals surface area contributed by atoms with Crippen LogP contribution >= 0.6 is 0 Å². The van der Waals surface area contributed by atoms with Crippen molar-refractivity contribution in [3.8, 4) is 11.6 Å². The third kappa shape index (κ3) is 4.13. The summed E-state index contributed by atoms with van der Waals surface area (Å²) in [6.45, 7) is 3.36. The molecule has 0 saturated carbocycles. The monoisotopic (exact) mass is 323 g/mol. The van der Waals surface area contributed by atoms with Gasteiger partial charge in [-0.05, 0) is 43.0 Å². The molecular formula is C19H21N3O2. The number of nitrogens with two attached hydrogens (primary N) is 1. The van der Waals surface area contributed by atoms with E-state index in [1.807, 2.05) is 43.3 Å². The number of ether oxygens (including phenoxy) is 1. The fourth-order valence-corrected chi connectivity index (χ4v) is 2.70. The van der Waals surface area contributed by atoms with Gasteiger partial charge in [0.2, 0.25) is 5.88 Å². The highest BCUT2D eigenvalue weighted by Crippen LogP contribution is 2.24. The number of piperidine rings is 1. The van der Waals surface area contributed by atoms with Crippen LogP contribution in [0.1, 0.15) is 24.0 Å². The van der Waals surface area contributed by atoms with Crippen molar-refractivity contribution in [2.45, 2.75) is 19.8 Å². The quantitative estimate of drug-likeness (QED) is 0.935. The van der Waals surface area contributed by atoms with Crippen LogP contribution in [0.5, 0.6) is 11.6 Å². The summed E-state index contributed by atoms with van der Waals surface area (Å²) < 4.78 is 5.80. The van der Waals surface area contributed by atoms with Crippen molar-refractivity contribution in [2.75, 3.05) is 13.1 Å². The first-order valence-corrected chi connectivity index (χ1v) is 8.04. The topological polar surface area (TPSA) is 68.5 Å². The van der Waals surface area contributed by atoms with Crippen LogP contribution in [0.3, 0.4) is 0 Å². The van der Waals surface area contributed by atoms with Crippen LogP contribution in [0.15, 0.2) is 48.2 Å². The number of hydrogen-bond acceptors (Lipinski definition) is 3. The van der Waals surface area contributed by atoms with Crippen molar-refractivity contribution in [1.82, 2.24) is 9.88 Å². The molecule has 3 rings (SSSR count). The van der Waals surface area contributed by atoms with E-state index in [4.69, 9.17) is 10.5 Å². The number of hydrogen-bond donors (Lipinski definition) is 1. The zero-order valence-corrected chi connectivity index (χ0v) is 13.7. The summed E-state index contributed by atoms with van der Waals surface area (Å²) in [7, 11) is 0. The molecular weight excluding hydrogens is 302 g/mol. The second-order valence-corrected chi connectivity index (χ2v) is 5.98. The van der Waals surface area contributed by atoms with Crippen molar-refractivity contribution in [3.63, 3.8) is 0 Å². The standard InChI is InChI=1S/C19H21N3O2/c1-14-5-6-18(21-13-14)24-17-4-2-3-16(12-17)11-15-7-9-22(10-8-15)19(20)23/h2-6,11-13H,7-10H2,1H3,(H2,20,23). The SMILES string of the molecule is Cc1ccc(Oc2cccc(C=C3CCN(C(N)=O)CC3)c2)nc1. The number of primary amides is 1. The second-order valence-electron chi connectivity index (χ2n) is 5.98. The minimum atomic E-state index is -0.338. The molecule has 2 heterocycles. The number of aromatic nitrogens is 1. The van der Waals surface area contributed by atoms with Crippen LogP contribution < -0.4 is 10.5 Å². The molecule has 5 heteroatoms. The lowest BCUT2D eigenvalue weighted by atomic mass is 10.0. The van der Waals surface area contributed by atoms with Gasteiger partial charge in [0.1, 0.15) is 5.75 Å². The van der Waals surface area contributed by atoms with Crippen molar-refractivity contribution in [1.29, 1.82) is 0 Å². The Kier molecular flexibility index (Phi) is 4.79. The van der Waals surface area contributed by atoms with Gasteiger partial charge in [-0.3, -0.25) is 0 Å². The molecule has 0 unspecified atom stereocenters. The van der Waals surface area contributed by atoms with Gasteiger partial charge in [0, 0.05) is 25.4 Å². The first-order valence-electron chi connectivity index (χ1n) is 8.04. The predicted molar refractivity (Wildman–Crippen MR) is 93.9 cm³/mol. The number of likely N-dealkylation sites (tertiary alicyclic amines) is 1. The summed E-state index contributed by atoms with van der Waals surface area (Å²) in [5.74, 6) is 1.34. The fraction of sp³-hybridized carbons (Fsp3) is 0.263. The summed E-state index contributed by atoms with van der Waals surface area (Å²) in [6.07, 6.45) is 5.66. The maximum absolute atomic E-state index is 11.2. The molecule has 5 nitrogen and oxygen atoms in total. The third-order valence-corrected chi connectivity index (χ3v) is 4.05. The zero-order chi connectivity index (χ0) is 16.9. The second kappa shape index (κ2) is 7.17. The van der Waals surface area contributed by atoms with Crippen LogP contribution in [-0.2, 0) is 0 Å². The van der Waals surface area contributed by atoms with Crippen molar-refractivity contribution in [3.05, 3.63) is 59.3 Å². The molecule has 1 aromatic carbocycles. The number of urea groups is 1. The molecule has 2 N–H and O–H groups in total. The average Bonchev–Trinajstić information content (AvgIpc) is 2.58. The smallest absolute Gasteiger partial charge is 0.314 e. The van der Waals surface area contributed by atoms with Crippen molar-refractivity contribution < 1.29 is 9.53 Å². The number of rotatable bonds is 3. The average molecular weight is 323 g/mol. The largest absolute Gasteiger partial charge is 0.439 e. The fourth-order valence-electron chi connectivity index (χ4n) is 2.70. The number of pyridine rings is 1. The number of nitrogens with zero attached hydrogens (tertiary/aromatic N) is 2. The molecule has 1 saturated heterocycles. The van der Waals surface area contributed by atoms with E-state index in [9.17, 15) is 4.79 Å². The number of benzene rings is 1. The molecule has 0 atom stereocenters. The highest BCUT2D eigenvalue weighted by molar-refractivity contribution is 5.72. The molecule has 0 spiro atoms. The Hall–Kier alpha value is -2.82. The minimum Gasteiger partial charge on any atom is -0.439 e. The summed E-state index contributed by atoms with van der Waals surface area (Å²) in [4.78, 5) is 17.1. The molecule has 1 aliphatic rings. The Morgan fingerprint density at radius 3 is 2.71 bits per heavy atom. The summed E-state index contributed by atoms with van der Waals surface area (Å²) in [5, 5.41) is 0. The lowest BCUT2D eigenvalue weighted by Crippen LogP contribution is -2.39. The van der Waals surface area contributed by atoms with Gasteiger partial charge < -0.3 is 15.4 Å². The maximum Gasteiger partial charge on any atom is 0.314 e. The van der Waals surface area contributed by atoms with Gasteiger partial charge in [0.25, 0.3) is 0 Å². The molecule has 0 bridgehead atoms. The van der Waals surface area contributed by atoms with E-state index >= 15 is 0 Å². The van der Waals surface area contributed by atoms with Gasteiger partial charge in [-0.25, -0.2) is 9.78 Å². The molecule has 2 amide bonds. The van der Waals surface area contributed by atoms with Crippen LogP contribution in [-0.4, -0.2) is 29.0 Å². The van der Waals surface area contributed by atoms with E-state index in [0.717, 1.165) is 29.7 Å². The molecule has 2 aromatic rings. The Bertz CT molecular complexity index is 743. The van der Waals surface area contributed by atoms with E-state index in [-0.39, 0.29) is 6.03 Å². The molecule has 1 fully saturated rings. The predicted octanol–water partition coefficient (Wildman–Crippen LogP) is 3.74. The minimum absolute atomic E-state index is 0.338. The third-order valence-electron chi connectivity index (χ3n) is 4.05. The summed E-state index contributed by atoms with van der Waals surface area (Å²) in [6, 6.07) is 11.4. The molecule has 1 aliphatic heterocycles. The van der Waals surface area contributed by atoms with Gasteiger partial charge in [-0.15, -0.1) is 0 Å². The maximum atomic E-state index is 11.2. The van der Waals surface area contributed by atoms with E-state index in [1.165, 1.54) is 5.57 Å². The normalized spacial score (nSPS) is 14.4.